The highest BCUT2D eigenvalue weighted by atomic mass is 16.7. The van der Waals surface area contributed by atoms with Gasteiger partial charge in [0, 0.05) is 63.9 Å². The van der Waals surface area contributed by atoms with Gasteiger partial charge in [-0.15, -0.1) is 0 Å². The number of ether oxygens (including phenoxy) is 3. The third-order valence-electron chi connectivity index (χ3n) is 7.23. The average molecular weight is 539 g/mol. The van der Waals surface area contributed by atoms with Crippen LogP contribution in [-0.2, 0) is 23.8 Å². The van der Waals surface area contributed by atoms with Gasteiger partial charge in [-0.2, -0.15) is 0 Å². The van der Waals surface area contributed by atoms with Gasteiger partial charge < -0.3 is 33.9 Å². The van der Waals surface area contributed by atoms with Crippen LogP contribution < -0.4 is 15.6 Å². The van der Waals surface area contributed by atoms with Crippen molar-refractivity contribution in [1.82, 2.24) is 9.47 Å². The van der Waals surface area contributed by atoms with E-state index in [9.17, 15) is 19.2 Å². The number of pyridine rings is 1. The molecule has 11 nitrogen and oxygen atoms in total. The van der Waals surface area contributed by atoms with Crippen LogP contribution in [0.1, 0.15) is 56.9 Å². The summed E-state index contributed by atoms with van der Waals surface area (Å²) in [5.74, 6) is -3.62. The van der Waals surface area contributed by atoms with E-state index in [-0.39, 0.29) is 23.8 Å². The first-order chi connectivity index (χ1) is 18.6. The molecule has 3 fully saturated rings. The van der Waals surface area contributed by atoms with Crippen molar-refractivity contribution >= 4 is 40.2 Å². The Morgan fingerprint density at radius 3 is 2.33 bits per heavy atom. The van der Waals surface area contributed by atoms with Crippen LogP contribution in [0.3, 0.4) is 0 Å². The Morgan fingerprint density at radius 1 is 1.08 bits per heavy atom. The second-order valence-corrected chi connectivity index (χ2v) is 10.4. The topological polar surface area (TPSA) is 119 Å². The Hall–Kier alpha value is -3.86. The maximum absolute atomic E-state index is 13.5. The molecule has 2 aliphatic heterocycles. The number of benzene rings is 1. The molecule has 3 aliphatic rings. The first-order valence-corrected chi connectivity index (χ1v) is 13.4. The van der Waals surface area contributed by atoms with Crippen LogP contribution in [0, 0.1) is 0 Å². The second kappa shape index (κ2) is 10.4. The Bertz CT molecular complexity index is 1390. The number of nitrogens with zero attached hydrogens (tertiary/aromatic N) is 3. The molecule has 1 N–H and O–H groups in total. The molecule has 2 saturated heterocycles. The molecule has 208 valence electrons. The SMILES string of the molecule is CCOC(=O)c1cn(C2CC2)c2cc(N3CCN(CC)CC3)c(NC=C3C(=O)OC(C)(C)OC3=O)cc2c1=O. The number of fused-ring (bicyclic) bond motifs is 1. The quantitative estimate of drug-likeness (QED) is 0.320. The van der Waals surface area contributed by atoms with E-state index in [0.29, 0.717) is 11.1 Å². The number of esters is 3. The molecule has 0 radical (unpaired) electrons. The first-order valence-electron chi connectivity index (χ1n) is 13.4. The largest absolute Gasteiger partial charge is 0.462 e. The highest BCUT2D eigenvalue weighted by Crippen LogP contribution is 2.39. The third-order valence-corrected chi connectivity index (χ3v) is 7.23. The molecule has 1 aromatic carbocycles. The number of rotatable bonds is 7. The van der Waals surface area contributed by atoms with Crippen molar-refractivity contribution in [2.75, 3.05) is 49.5 Å². The van der Waals surface area contributed by atoms with E-state index in [1.165, 1.54) is 20.0 Å². The van der Waals surface area contributed by atoms with Crippen molar-refractivity contribution in [2.45, 2.75) is 52.4 Å². The maximum Gasteiger partial charge on any atom is 0.350 e. The third kappa shape index (κ3) is 5.36. The number of anilines is 2. The van der Waals surface area contributed by atoms with Gasteiger partial charge >= 0.3 is 17.9 Å². The lowest BCUT2D eigenvalue weighted by molar-refractivity contribution is -0.222. The summed E-state index contributed by atoms with van der Waals surface area (Å²) in [6.07, 6.45) is 4.78. The monoisotopic (exact) mass is 538 g/mol. The van der Waals surface area contributed by atoms with Crippen LogP contribution in [0.4, 0.5) is 11.4 Å². The second-order valence-electron chi connectivity index (χ2n) is 10.4. The molecule has 1 aromatic heterocycles. The summed E-state index contributed by atoms with van der Waals surface area (Å²) in [5, 5.41) is 3.41. The Balaban J connectivity index is 1.62. The minimum absolute atomic E-state index is 0.0217. The molecule has 3 heterocycles. The maximum atomic E-state index is 13.5. The molecule has 11 heteroatoms. The predicted molar refractivity (Wildman–Crippen MR) is 145 cm³/mol. The summed E-state index contributed by atoms with van der Waals surface area (Å²) < 4.78 is 17.6. The Labute approximate surface area is 226 Å². The highest BCUT2D eigenvalue weighted by molar-refractivity contribution is 6.15. The standard InChI is InChI=1S/C28H34N4O7/c1-5-30-9-11-31(12-10-30)23-14-22-18(24(33)20(25(34)37-6-2)16-32(22)17-7-8-17)13-21(23)29-15-19-26(35)38-28(3,4)39-27(19)36/h13-17,29H,5-12H2,1-4H3. The predicted octanol–water partition coefficient (Wildman–Crippen LogP) is 2.79. The molecule has 1 saturated carbocycles. The number of aromatic nitrogens is 1. The lowest BCUT2D eigenvalue weighted by Gasteiger charge is -2.36. The summed E-state index contributed by atoms with van der Waals surface area (Å²) in [5.41, 5.74) is 1.33. The van der Waals surface area contributed by atoms with Crippen molar-refractivity contribution in [1.29, 1.82) is 0 Å². The molecule has 5 rings (SSSR count). The summed E-state index contributed by atoms with van der Waals surface area (Å²) in [7, 11) is 0. The molecule has 0 bridgehead atoms. The van der Waals surface area contributed by atoms with Gasteiger partial charge in [-0.1, -0.05) is 6.92 Å². The normalized spacial score (nSPS) is 19.5. The van der Waals surface area contributed by atoms with E-state index in [1.807, 2.05) is 10.6 Å². The minimum atomic E-state index is -1.35. The fourth-order valence-electron chi connectivity index (χ4n) is 5.00. The van der Waals surface area contributed by atoms with Gasteiger partial charge in [0.2, 0.25) is 5.43 Å². The van der Waals surface area contributed by atoms with Gasteiger partial charge in [-0.05, 0) is 38.4 Å². The molecular formula is C28H34N4O7. The van der Waals surface area contributed by atoms with Crippen molar-refractivity contribution in [3.8, 4) is 0 Å². The number of piperazine rings is 1. The van der Waals surface area contributed by atoms with Gasteiger partial charge in [0.25, 0.3) is 5.79 Å². The summed E-state index contributed by atoms with van der Waals surface area (Å²) in [6.45, 7) is 11.2. The van der Waals surface area contributed by atoms with Crippen LogP contribution in [0.5, 0.6) is 0 Å². The van der Waals surface area contributed by atoms with Crippen LogP contribution in [0.2, 0.25) is 0 Å². The molecule has 0 unspecified atom stereocenters. The number of likely N-dealkylation sites (N-methyl/N-ethyl adjacent to an activating group) is 1. The van der Waals surface area contributed by atoms with Crippen molar-refractivity contribution in [3.63, 3.8) is 0 Å². The van der Waals surface area contributed by atoms with Crippen molar-refractivity contribution in [2.24, 2.45) is 0 Å². The molecule has 0 amide bonds. The van der Waals surface area contributed by atoms with Crippen molar-refractivity contribution in [3.05, 3.63) is 45.9 Å². The Morgan fingerprint density at radius 2 is 1.74 bits per heavy atom. The van der Waals surface area contributed by atoms with Gasteiger partial charge in [-0.3, -0.25) is 4.79 Å². The number of carbonyl (C=O) groups is 3. The number of hydrogen-bond donors (Lipinski definition) is 1. The first kappa shape index (κ1) is 26.7. The van der Waals surface area contributed by atoms with Crippen LogP contribution in [0.15, 0.2) is 34.9 Å². The van der Waals surface area contributed by atoms with Crippen LogP contribution in [-0.4, -0.2) is 72.5 Å². The zero-order chi connectivity index (χ0) is 27.9. The van der Waals surface area contributed by atoms with E-state index in [2.05, 4.69) is 22.0 Å². The fraction of sp³-hybridized carbons (Fsp3) is 0.500. The molecular weight excluding hydrogens is 504 g/mol. The van der Waals surface area contributed by atoms with E-state index in [1.54, 1.807) is 19.2 Å². The Kier molecular flexibility index (Phi) is 7.11. The van der Waals surface area contributed by atoms with Crippen LogP contribution in [0.25, 0.3) is 10.9 Å². The molecule has 2 aromatic rings. The lowest BCUT2D eigenvalue weighted by atomic mass is 10.1. The van der Waals surface area contributed by atoms with Gasteiger partial charge in [0.15, 0.2) is 5.57 Å². The minimum Gasteiger partial charge on any atom is -0.462 e. The zero-order valence-electron chi connectivity index (χ0n) is 22.7. The van der Waals surface area contributed by atoms with E-state index >= 15 is 0 Å². The summed E-state index contributed by atoms with van der Waals surface area (Å²) >= 11 is 0. The molecule has 39 heavy (non-hydrogen) atoms. The van der Waals surface area contributed by atoms with Crippen molar-refractivity contribution < 1.29 is 28.6 Å². The van der Waals surface area contributed by atoms with E-state index in [4.69, 9.17) is 14.2 Å². The lowest BCUT2D eigenvalue weighted by Crippen LogP contribution is -2.46. The van der Waals surface area contributed by atoms with Gasteiger partial charge in [0.05, 0.1) is 23.5 Å². The summed E-state index contributed by atoms with van der Waals surface area (Å²) in [4.78, 5) is 55.8. The molecule has 0 spiro atoms. The molecule has 1 aliphatic carbocycles. The number of cyclic esters (lactones) is 2. The van der Waals surface area contributed by atoms with Gasteiger partial charge in [0.1, 0.15) is 5.56 Å². The smallest absolute Gasteiger partial charge is 0.350 e. The zero-order valence-corrected chi connectivity index (χ0v) is 22.7. The number of carbonyl (C=O) groups excluding carboxylic acids is 3. The number of hydrogen-bond acceptors (Lipinski definition) is 10. The summed E-state index contributed by atoms with van der Waals surface area (Å²) in [6, 6.07) is 3.83. The van der Waals surface area contributed by atoms with Crippen LogP contribution >= 0.6 is 0 Å². The highest BCUT2D eigenvalue weighted by Gasteiger charge is 2.39. The molecule has 0 atom stereocenters. The van der Waals surface area contributed by atoms with Gasteiger partial charge in [-0.25, -0.2) is 14.4 Å². The van der Waals surface area contributed by atoms with E-state index < -0.39 is 29.1 Å². The fourth-order valence-corrected chi connectivity index (χ4v) is 5.00. The number of nitrogens with one attached hydrogen (secondary N) is 1. The average Bonchev–Trinajstić information content (AvgIpc) is 3.73. The van der Waals surface area contributed by atoms with E-state index in [0.717, 1.165) is 56.8 Å².